The number of carbonyl (C=O) groups excluding carboxylic acids is 1. The zero-order valence-electron chi connectivity index (χ0n) is 10.3. The minimum Gasteiger partial charge on any atom is -0.399 e. The fraction of sp³-hybridized carbons (Fsp3) is 0.308. The minimum absolute atomic E-state index is 0.0741. The van der Waals surface area contributed by atoms with Gasteiger partial charge in [0, 0.05) is 24.0 Å². The van der Waals surface area contributed by atoms with Crippen LogP contribution in [0.1, 0.15) is 24.2 Å². The van der Waals surface area contributed by atoms with E-state index in [4.69, 9.17) is 5.73 Å². The minimum atomic E-state index is -0.105. The Morgan fingerprint density at radius 2 is 2.29 bits per heavy atom. The second kappa shape index (κ2) is 5.94. The molecular weight excluding hydrogens is 214 g/mol. The van der Waals surface area contributed by atoms with Gasteiger partial charge in [-0.2, -0.15) is 0 Å². The van der Waals surface area contributed by atoms with Crippen molar-refractivity contribution in [3.63, 3.8) is 0 Å². The number of carbonyl (C=O) groups is 1. The van der Waals surface area contributed by atoms with Crippen LogP contribution in [0, 0.1) is 0 Å². The van der Waals surface area contributed by atoms with Crippen molar-refractivity contribution < 1.29 is 4.79 Å². The van der Waals surface area contributed by atoms with Gasteiger partial charge in [0.15, 0.2) is 0 Å². The average Bonchev–Trinajstić information content (AvgIpc) is 2.29. The third kappa shape index (κ3) is 3.52. The summed E-state index contributed by atoms with van der Waals surface area (Å²) >= 11 is 0. The van der Waals surface area contributed by atoms with E-state index >= 15 is 0 Å². The molecule has 0 heterocycles. The molecule has 4 heteroatoms. The lowest BCUT2D eigenvalue weighted by atomic mass is 10.1. The van der Waals surface area contributed by atoms with E-state index < -0.39 is 0 Å². The fourth-order valence-corrected chi connectivity index (χ4v) is 1.44. The summed E-state index contributed by atoms with van der Waals surface area (Å²) in [6.07, 6.45) is 1.77. The molecule has 0 bridgehead atoms. The number of amides is 1. The maximum atomic E-state index is 11.8. The summed E-state index contributed by atoms with van der Waals surface area (Å²) in [5, 5.41) is 5.95. The normalized spacial score (nSPS) is 11.6. The largest absolute Gasteiger partial charge is 0.399 e. The molecule has 1 amide bonds. The first-order valence-electron chi connectivity index (χ1n) is 5.65. The maximum absolute atomic E-state index is 11.8. The SMILES string of the molecule is C=CC(C)Nc1cc(N)ccc1C(=O)NCC. The van der Waals surface area contributed by atoms with Crippen molar-refractivity contribution in [1.29, 1.82) is 0 Å². The summed E-state index contributed by atoms with van der Waals surface area (Å²) in [5.41, 5.74) is 7.66. The molecule has 17 heavy (non-hydrogen) atoms. The van der Waals surface area contributed by atoms with Gasteiger partial charge >= 0.3 is 0 Å². The molecule has 1 rings (SSSR count). The smallest absolute Gasteiger partial charge is 0.253 e. The molecule has 1 aromatic carbocycles. The van der Waals surface area contributed by atoms with Crippen LogP contribution in [-0.2, 0) is 0 Å². The fourth-order valence-electron chi connectivity index (χ4n) is 1.44. The van der Waals surface area contributed by atoms with Gasteiger partial charge in [-0.05, 0) is 32.0 Å². The van der Waals surface area contributed by atoms with E-state index in [1.165, 1.54) is 0 Å². The van der Waals surface area contributed by atoms with E-state index in [2.05, 4.69) is 17.2 Å². The van der Waals surface area contributed by atoms with E-state index in [0.717, 1.165) is 5.69 Å². The molecule has 0 aromatic heterocycles. The number of hydrogen-bond acceptors (Lipinski definition) is 3. The maximum Gasteiger partial charge on any atom is 0.253 e. The summed E-state index contributed by atoms with van der Waals surface area (Å²) in [5.74, 6) is -0.105. The van der Waals surface area contributed by atoms with Crippen molar-refractivity contribution in [3.8, 4) is 0 Å². The Balaban J connectivity index is 3.03. The first-order chi connectivity index (χ1) is 8.08. The molecule has 0 spiro atoms. The van der Waals surface area contributed by atoms with Crippen molar-refractivity contribution in [3.05, 3.63) is 36.4 Å². The highest BCUT2D eigenvalue weighted by Gasteiger charge is 2.11. The standard InChI is InChI=1S/C13H19N3O/c1-4-9(3)16-12-8-10(14)6-7-11(12)13(17)15-5-2/h4,6-9,16H,1,5,14H2,2-3H3,(H,15,17). The molecule has 92 valence electrons. The Morgan fingerprint density at radius 3 is 2.88 bits per heavy atom. The number of nitrogens with one attached hydrogen (secondary N) is 2. The molecule has 1 aromatic rings. The molecule has 4 N–H and O–H groups in total. The Kier molecular flexibility index (Phi) is 4.57. The van der Waals surface area contributed by atoms with Gasteiger partial charge in [0.2, 0.25) is 0 Å². The second-order valence-electron chi connectivity index (χ2n) is 3.83. The van der Waals surface area contributed by atoms with Gasteiger partial charge in [0.1, 0.15) is 0 Å². The highest BCUT2D eigenvalue weighted by atomic mass is 16.1. The lowest BCUT2D eigenvalue weighted by Gasteiger charge is -2.15. The van der Waals surface area contributed by atoms with Gasteiger partial charge in [0.25, 0.3) is 5.91 Å². The number of rotatable bonds is 5. The lowest BCUT2D eigenvalue weighted by molar-refractivity contribution is 0.0956. The second-order valence-corrected chi connectivity index (χ2v) is 3.83. The number of hydrogen-bond donors (Lipinski definition) is 3. The lowest BCUT2D eigenvalue weighted by Crippen LogP contribution is -2.25. The molecule has 0 saturated carbocycles. The molecule has 0 aliphatic carbocycles. The van der Waals surface area contributed by atoms with Crippen LogP contribution in [-0.4, -0.2) is 18.5 Å². The number of anilines is 2. The Labute approximate surface area is 102 Å². The zero-order chi connectivity index (χ0) is 12.8. The molecule has 4 nitrogen and oxygen atoms in total. The van der Waals surface area contributed by atoms with E-state index in [1.54, 1.807) is 24.3 Å². The van der Waals surface area contributed by atoms with Crippen LogP contribution in [0.4, 0.5) is 11.4 Å². The monoisotopic (exact) mass is 233 g/mol. The van der Waals surface area contributed by atoms with E-state index in [0.29, 0.717) is 17.8 Å². The van der Waals surface area contributed by atoms with Crippen molar-refractivity contribution in [2.24, 2.45) is 0 Å². The third-order valence-corrected chi connectivity index (χ3v) is 2.36. The van der Waals surface area contributed by atoms with E-state index in [-0.39, 0.29) is 11.9 Å². The number of nitrogens with two attached hydrogens (primary N) is 1. The van der Waals surface area contributed by atoms with Crippen molar-refractivity contribution in [1.82, 2.24) is 5.32 Å². The zero-order valence-corrected chi connectivity index (χ0v) is 10.3. The van der Waals surface area contributed by atoms with Crippen LogP contribution in [0.5, 0.6) is 0 Å². The molecule has 0 saturated heterocycles. The summed E-state index contributed by atoms with van der Waals surface area (Å²) in [4.78, 5) is 11.8. The molecule has 0 fully saturated rings. The number of benzene rings is 1. The van der Waals surface area contributed by atoms with Gasteiger partial charge in [0.05, 0.1) is 5.56 Å². The summed E-state index contributed by atoms with van der Waals surface area (Å²) in [6, 6.07) is 5.27. The molecule has 1 atom stereocenters. The third-order valence-electron chi connectivity index (χ3n) is 2.36. The summed E-state index contributed by atoms with van der Waals surface area (Å²) in [7, 11) is 0. The molecule has 1 unspecified atom stereocenters. The summed E-state index contributed by atoms with van der Waals surface area (Å²) < 4.78 is 0. The van der Waals surface area contributed by atoms with Gasteiger partial charge in [-0.15, -0.1) is 6.58 Å². The highest BCUT2D eigenvalue weighted by molar-refractivity contribution is 6.00. The van der Waals surface area contributed by atoms with Crippen LogP contribution in [0.2, 0.25) is 0 Å². The molecular formula is C13H19N3O. The highest BCUT2D eigenvalue weighted by Crippen LogP contribution is 2.20. The van der Waals surface area contributed by atoms with Crippen LogP contribution in [0.3, 0.4) is 0 Å². The first kappa shape index (κ1) is 13.1. The number of nitrogen functional groups attached to an aromatic ring is 1. The summed E-state index contributed by atoms with van der Waals surface area (Å²) in [6.45, 7) is 8.13. The van der Waals surface area contributed by atoms with Crippen LogP contribution < -0.4 is 16.4 Å². The van der Waals surface area contributed by atoms with Gasteiger partial charge in [-0.3, -0.25) is 4.79 Å². The van der Waals surface area contributed by atoms with Crippen LogP contribution in [0.25, 0.3) is 0 Å². The Hall–Kier alpha value is -1.97. The molecule has 0 aliphatic rings. The van der Waals surface area contributed by atoms with Gasteiger partial charge in [-0.1, -0.05) is 6.08 Å². The van der Waals surface area contributed by atoms with Crippen molar-refractivity contribution >= 4 is 17.3 Å². The molecule has 0 aliphatic heterocycles. The topological polar surface area (TPSA) is 67.1 Å². The first-order valence-corrected chi connectivity index (χ1v) is 5.65. The van der Waals surface area contributed by atoms with Crippen LogP contribution in [0.15, 0.2) is 30.9 Å². The van der Waals surface area contributed by atoms with Crippen molar-refractivity contribution in [2.45, 2.75) is 19.9 Å². The van der Waals surface area contributed by atoms with Gasteiger partial charge < -0.3 is 16.4 Å². The Bertz CT molecular complexity index is 415. The Morgan fingerprint density at radius 1 is 1.59 bits per heavy atom. The average molecular weight is 233 g/mol. The predicted molar refractivity (Wildman–Crippen MR) is 72.1 cm³/mol. The van der Waals surface area contributed by atoms with E-state index in [1.807, 2.05) is 13.8 Å². The van der Waals surface area contributed by atoms with E-state index in [9.17, 15) is 4.79 Å². The molecule has 0 radical (unpaired) electrons. The quantitative estimate of drug-likeness (QED) is 0.538. The van der Waals surface area contributed by atoms with Crippen molar-refractivity contribution in [2.75, 3.05) is 17.6 Å². The predicted octanol–water partition coefficient (Wildman–Crippen LogP) is 2.00. The van der Waals surface area contributed by atoms with Crippen LogP contribution >= 0.6 is 0 Å². The van der Waals surface area contributed by atoms with Gasteiger partial charge in [-0.25, -0.2) is 0 Å².